The Kier molecular flexibility index (Phi) is 2.52. The van der Waals surface area contributed by atoms with E-state index in [-0.39, 0.29) is 5.56 Å². The van der Waals surface area contributed by atoms with Crippen LogP contribution < -0.4 is 10.3 Å². The van der Waals surface area contributed by atoms with Crippen LogP contribution in [-0.2, 0) is 0 Å². The van der Waals surface area contributed by atoms with E-state index in [1.54, 1.807) is 7.11 Å². The highest BCUT2D eigenvalue weighted by atomic mass is 79.9. The van der Waals surface area contributed by atoms with Gasteiger partial charge in [0.25, 0.3) is 5.56 Å². The van der Waals surface area contributed by atoms with Gasteiger partial charge < -0.3 is 9.72 Å². The van der Waals surface area contributed by atoms with Crippen LogP contribution in [0, 0.1) is 6.92 Å². The average molecular weight is 268 g/mol. The zero-order valence-electron chi connectivity index (χ0n) is 8.43. The molecule has 1 heterocycles. The number of rotatable bonds is 1. The first-order valence-corrected chi connectivity index (χ1v) is 5.29. The summed E-state index contributed by atoms with van der Waals surface area (Å²) in [4.78, 5) is 14.3. The van der Waals surface area contributed by atoms with Gasteiger partial charge in [-0.1, -0.05) is 0 Å². The van der Waals surface area contributed by atoms with Gasteiger partial charge in [0.15, 0.2) is 0 Å². The summed E-state index contributed by atoms with van der Waals surface area (Å²) in [5.41, 5.74) is 0.745. The van der Waals surface area contributed by atoms with Gasteiger partial charge in [-0.15, -0.1) is 0 Å². The molecule has 1 N–H and O–H groups in total. The molecule has 0 fully saturated rings. The second-order valence-corrected chi connectivity index (χ2v) is 4.10. The molecule has 0 aliphatic rings. The fourth-order valence-electron chi connectivity index (χ4n) is 1.57. The molecule has 1 aromatic heterocycles. The molecule has 0 saturated carbocycles. The van der Waals surface area contributed by atoms with E-state index in [0.29, 0.717) is 4.47 Å². The van der Waals surface area contributed by atoms with Gasteiger partial charge in [0.05, 0.1) is 11.6 Å². The van der Waals surface area contributed by atoms with Crippen molar-refractivity contribution in [1.82, 2.24) is 4.98 Å². The Labute approximate surface area is 95.2 Å². The lowest BCUT2D eigenvalue weighted by Gasteiger charge is -2.06. The van der Waals surface area contributed by atoms with Crippen molar-refractivity contribution >= 4 is 26.7 Å². The van der Waals surface area contributed by atoms with E-state index in [1.807, 2.05) is 25.1 Å². The minimum Gasteiger partial charge on any atom is -0.497 e. The van der Waals surface area contributed by atoms with Gasteiger partial charge in [-0.05, 0) is 41.1 Å². The minimum atomic E-state index is -0.117. The van der Waals surface area contributed by atoms with Crippen molar-refractivity contribution in [3.63, 3.8) is 0 Å². The Morgan fingerprint density at radius 1 is 1.33 bits per heavy atom. The molecule has 0 saturated heterocycles. The van der Waals surface area contributed by atoms with Gasteiger partial charge in [0.2, 0.25) is 0 Å². The van der Waals surface area contributed by atoms with Crippen LogP contribution in [0.2, 0.25) is 0 Å². The molecule has 78 valence electrons. The highest BCUT2D eigenvalue weighted by molar-refractivity contribution is 9.10. The SMILES string of the molecule is COc1ccc2c(C)[nH]c(=O)c(Br)c2c1. The van der Waals surface area contributed by atoms with E-state index >= 15 is 0 Å². The van der Waals surface area contributed by atoms with Crippen LogP contribution in [0.4, 0.5) is 0 Å². The van der Waals surface area contributed by atoms with Crippen molar-refractivity contribution < 1.29 is 4.74 Å². The maximum atomic E-state index is 11.5. The monoisotopic (exact) mass is 267 g/mol. The summed E-state index contributed by atoms with van der Waals surface area (Å²) in [6, 6.07) is 5.66. The summed E-state index contributed by atoms with van der Waals surface area (Å²) in [6.45, 7) is 1.88. The third-order valence-electron chi connectivity index (χ3n) is 2.37. The number of aromatic nitrogens is 1. The average Bonchev–Trinajstić information content (AvgIpc) is 2.25. The smallest absolute Gasteiger partial charge is 0.263 e. The van der Waals surface area contributed by atoms with Crippen molar-refractivity contribution in [2.24, 2.45) is 0 Å². The van der Waals surface area contributed by atoms with E-state index in [4.69, 9.17) is 4.74 Å². The Balaban J connectivity index is 2.91. The molecule has 3 nitrogen and oxygen atoms in total. The van der Waals surface area contributed by atoms with Gasteiger partial charge in [-0.25, -0.2) is 0 Å². The van der Waals surface area contributed by atoms with E-state index in [2.05, 4.69) is 20.9 Å². The number of methoxy groups -OCH3 is 1. The lowest BCUT2D eigenvalue weighted by atomic mass is 10.1. The lowest BCUT2D eigenvalue weighted by Crippen LogP contribution is -2.08. The van der Waals surface area contributed by atoms with Crippen LogP contribution in [0.25, 0.3) is 10.8 Å². The summed E-state index contributed by atoms with van der Waals surface area (Å²) < 4.78 is 5.67. The number of fused-ring (bicyclic) bond motifs is 1. The van der Waals surface area contributed by atoms with Crippen LogP contribution in [0.5, 0.6) is 5.75 Å². The molecule has 1 aromatic carbocycles. The maximum Gasteiger partial charge on any atom is 0.263 e. The third-order valence-corrected chi connectivity index (χ3v) is 3.15. The molecule has 0 atom stereocenters. The number of H-pyrrole nitrogens is 1. The van der Waals surface area contributed by atoms with E-state index < -0.39 is 0 Å². The summed E-state index contributed by atoms with van der Waals surface area (Å²) >= 11 is 3.28. The van der Waals surface area contributed by atoms with Crippen molar-refractivity contribution in [3.05, 3.63) is 38.7 Å². The van der Waals surface area contributed by atoms with Crippen molar-refractivity contribution in [2.45, 2.75) is 6.92 Å². The quantitative estimate of drug-likeness (QED) is 0.863. The van der Waals surface area contributed by atoms with Crippen LogP contribution >= 0.6 is 15.9 Å². The van der Waals surface area contributed by atoms with Gasteiger partial charge in [0, 0.05) is 16.5 Å². The molecular formula is C11H10BrNO2. The molecule has 0 aliphatic carbocycles. The Hall–Kier alpha value is -1.29. The first kappa shape index (κ1) is 10.2. The Morgan fingerprint density at radius 2 is 2.07 bits per heavy atom. The summed E-state index contributed by atoms with van der Waals surface area (Å²) in [5, 5.41) is 1.89. The summed E-state index contributed by atoms with van der Waals surface area (Å²) in [5.74, 6) is 0.744. The molecule has 0 bridgehead atoms. The van der Waals surface area contributed by atoms with Crippen LogP contribution in [0.15, 0.2) is 27.5 Å². The van der Waals surface area contributed by atoms with E-state index in [9.17, 15) is 4.79 Å². The van der Waals surface area contributed by atoms with Crippen molar-refractivity contribution in [1.29, 1.82) is 0 Å². The zero-order chi connectivity index (χ0) is 11.0. The first-order valence-electron chi connectivity index (χ1n) is 4.49. The predicted molar refractivity (Wildman–Crippen MR) is 63.6 cm³/mol. The van der Waals surface area contributed by atoms with Crippen molar-refractivity contribution in [3.8, 4) is 5.75 Å². The fraction of sp³-hybridized carbons (Fsp3) is 0.182. The second-order valence-electron chi connectivity index (χ2n) is 3.30. The standard InChI is InChI=1S/C11H10BrNO2/c1-6-8-4-3-7(15-2)5-9(8)10(12)11(14)13-6/h3-5H,1-2H3,(H,13,14). The predicted octanol–water partition coefficient (Wildman–Crippen LogP) is 2.61. The molecule has 2 aromatic rings. The van der Waals surface area contributed by atoms with Gasteiger partial charge in [-0.2, -0.15) is 0 Å². The maximum absolute atomic E-state index is 11.5. The number of nitrogens with one attached hydrogen (secondary N) is 1. The zero-order valence-corrected chi connectivity index (χ0v) is 10.0. The second kappa shape index (κ2) is 3.70. The number of aromatic amines is 1. The van der Waals surface area contributed by atoms with Crippen LogP contribution in [-0.4, -0.2) is 12.1 Å². The van der Waals surface area contributed by atoms with Gasteiger partial charge in [-0.3, -0.25) is 4.79 Å². The molecule has 0 radical (unpaired) electrons. The Bertz CT molecular complexity index is 575. The third kappa shape index (κ3) is 1.65. The highest BCUT2D eigenvalue weighted by Crippen LogP contribution is 2.26. The molecule has 2 rings (SSSR count). The summed E-state index contributed by atoms with van der Waals surface area (Å²) in [7, 11) is 1.61. The molecule has 0 unspecified atom stereocenters. The van der Waals surface area contributed by atoms with E-state index in [1.165, 1.54) is 0 Å². The number of halogens is 1. The first-order chi connectivity index (χ1) is 7.13. The number of pyridine rings is 1. The number of hydrogen-bond donors (Lipinski definition) is 1. The van der Waals surface area contributed by atoms with Crippen LogP contribution in [0.1, 0.15) is 5.69 Å². The number of ether oxygens (including phenoxy) is 1. The molecule has 0 amide bonds. The number of hydrogen-bond acceptors (Lipinski definition) is 2. The molecule has 4 heteroatoms. The molecule has 0 aliphatic heterocycles. The lowest BCUT2D eigenvalue weighted by molar-refractivity contribution is 0.415. The fourth-order valence-corrected chi connectivity index (χ4v) is 2.00. The number of benzene rings is 1. The van der Waals surface area contributed by atoms with Gasteiger partial charge in [0.1, 0.15) is 5.75 Å². The largest absolute Gasteiger partial charge is 0.497 e. The molecule has 15 heavy (non-hydrogen) atoms. The Morgan fingerprint density at radius 3 is 2.73 bits per heavy atom. The molecule has 0 spiro atoms. The normalized spacial score (nSPS) is 10.6. The van der Waals surface area contributed by atoms with Gasteiger partial charge >= 0.3 is 0 Å². The molecular weight excluding hydrogens is 258 g/mol. The van der Waals surface area contributed by atoms with Crippen LogP contribution in [0.3, 0.4) is 0 Å². The van der Waals surface area contributed by atoms with Crippen molar-refractivity contribution in [2.75, 3.05) is 7.11 Å². The highest BCUT2D eigenvalue weighted by Gasteiger charge is 2.07. The topological polar surface area (TPSA) is 42.1 Å². The minimum absolute atomic E-state index is 0.117. The van der Waals surface area contributed by atoms with E-state index in [0.717, 1.165) is 22.2 Å². The summed E-state index contributed by atoms with van der Waals surface area (Å²) in [6.07, 6.45) is 0. The number of aryl methyl sites for hydroxylation is 1.